The summed E-state index contributed by atoms with van der Waals surface area (Å²) < 4.78 is 4.76. The molecule has 0 fully saturated rings. The molecule has 0 aromatic carbocycles. The van der Waals surface area contributed by atoms with Crippen LogP contribution in [0.5, 0.6) is 0 Å². The molecular weight excluding hydrogens is 192 g/mol. The van der Waals surface area contributed by atoms with Crippen LogP contribution in [0.25, 0.3) is 0 Å². The van der Waals surface area contributed by atoms with Crippen molar-refractivity contribution in [3.05, 3.63) is 16.5 Å². The number of hydrogen-bond acceptors (Lipinski definition) is 3. The summed E-state index contributed by atoms with van der Waals surface area (Å²) in [5.41, 5.74) is 0.531. The summed E-state index contributed by atoms with van der Waals surface area (Å²) in [6.45, 7) is 4.25. The molecule has 0 saturated heterocycles. The Morgan fingerprint density at radius 1 is 1.69 bits per heavy atom. The van der Waals surface area contributed by atoms with Gasteiger partial charge in [0.05, 0.1) is 5.69 Å². The Hall–Kier alpha value is -1.03. The Labute approximate surface area is 81.2 Å². The van der Waals surface area contributed by atoms with Crippen LogP contribution in [0.4, 0.5) is 0 Å². The molecule has 0 saturated carbocycles. The number of amides is 1. The van der Waals surface area contributed by atoms with Crippen LogP contribution in [0.3, 0.4) is 0 Å². The fourth-order valence-electron chi connectivity index (χ4n) is 0.819. The van der Waals surface area contributed by atoms with Crippen molar-refractivity contribution in [1.82, 2.24) is 10.5 Å². The summed E-state index contributed by atoms with van der Waals surface area (Å²) in [5, 5.41) is 6.51. The first-order valence-electron chi connectivity index (χ1n) is 4.06. The van der Waals surface area contributed by atoms with Crippen LogP contribution in [0, 0.1) is 6.92 Å². The molecule has 0 unspecified atom stereocenters. The normalized spacial score (nSPS) is 10.1. The van der Waals surface area contributed by atoms with E-state index in [1.807, 2.05) is 6.92 Å². The standard InChI is InChI=1S/C8H11ClN2O2/c1-3-4-10-8(12)7-6(9)5(2)11-13-7/h3-4H2,1-2H3,(H,10,12). The van der Waals surface area contributed by atoms with Gasteiger partial charge in [0.1, 0.15) is 5.02 Å². The lowest BCUT2D eigenvalue weighted by Crippen LogP contribution is -2.23. The predicted molar refractivity (Wildman–Crippen MR) is 48.9 cm³/mol. The van der Waals surface area contributed by atoms with Crippen LogP contribution < -0.4 is 5.32 Å². The van der Waals surface area contributed by atoms with Crippen LogP contribution in [-0.4, -0.2) is 17.6 Å². The molecule has 0 aliphatic heterocycles. The summed E-state index contributed by atoms with van der Waals surface area (Å²) in [5.74, 6) is -0.222. The van der Waals surface area contributed by atoms with Gasteiger partial charge >= 0.3 is 0 Å². The monoisotopic (exact) mass is 202 g/mol. The molecule has 0 aliphatic rings. The highest BCUT2D eigenvalue weighted by Crippen LogP contribution is 2.19. The molecule has 0 atom stereocenters. The number of aromatic nitrogens is 1. The maximum atomic E-state index is 11.3. The third-order valence-electron chi connectivity index (χ3n) is 1.53. The minimum atomic E-state index is -0.313. The van der Waals surface area contributed by atoms with Crippen LogP contribution in [-0.2, 0) is 0 Å². The van der Waals surface area contributed by atoms with Crippen molar-refractivity contribution in [3.63, 3.8) is 0 Å². The lowest BCUT2D eigenvalue weighted by molar-refractivity contribution is 0.0917. The van der Waals surface area contributed by atoms with Crippen molar-refractivity contribution < 1.29 is 9.32 Å². The number of carbonyl (C=O) groups excluding carboxylic acids is 1. The summed E-state index contributed by atoms with van der Waals surface area (Å²) in [7, 11) is 0. The molecule has 72 valence electrons. The second-order valence-corrected chi connectivity index (χ2v) is 3.04. The SMILES string of the molecule is CCCNC(=O)c1onc(C)c1Cl. The Balaban J connectivity index is 2.71. The summed E-state index contributed by atoms with van der Waals surface area (Å²) in [4.78, 5) is 11.3. The highest BCUT2D eigenvalue weighted by atomic mass is 35.5. The average Bonchev–Trinajstić information content (AvgIpc) is 2.44. The molecule has 1 rings (SSSR count). The van der Waals surface area contributed by atoms with E-state index in [4.69, 9.17) is 16.1 Å². The first-order chi connectivity index (χ1) is 6.16. The largest absolute Gasteiger partial charge is 0.349 e. The Morgan fingerprint density at radius 3 is 2.85 bits per heavy atom. The lowest BCUT2D eigenvalue weighted by atomic mass is 10.3. The molecule has 1 N–H and O–H groups in total. The van der Waals surface area contributed by atoms with Crippen molar-refractivity contribution >= 4 is 17.5 Å². The number of nitrogens with zero attached hydrogens (tertiary/aromatic N) is 1. The lowest BCUT2D eigenvalue weighted by Gasteiger charge is -1.98. The summed E-state index contributed by atoms with van der Waals surface area (Å²) in [6.07, 6.45) is 0.872. The molecule has 0 radical (unpaired) electrons. The van der Waals surface area contributed by atoms with Gasteiger partial charge in [-0.1, -0.05) is 23.7 Å². The maximum Gasteiger partial charge on any atom is 0.291 e. The average molecular weight is 203 g/mol. The van der Waals surface area contributed by atoms with Gasteiger partial charge in [0.15, 0.2) is 0 Å². The number of hydrogen-bond donors (Lipinski definition) is 1. The second kappa shape index (κ2) is 4.28. The van der Waals surface area contributed by atoms with E-state index in [0.717, 1.165) is 6.42 Å². The molecule has 13 heavy (non-hydrogen) atoms. The van der Waals surface area contributed by atoms with Gasteiger partial charge in [-0.15, -0.1) is 0 Å². The highest BCUT2D eigenvalue weighted by Gasteiger charge is 2.17. The minimum Gasteiger partial charge on any atom is -0.349 e. The molecule has 5 heteroatoms. The van der Waals surface area contributed by atoms with Gasteiger partial charge in [-0.3, -0.25) is 4.79 Å². The summed E-state index contributed by atoms with van der Waals surface area (Å²) in [6, 6.07) is 0. The molecule has 4 nitrogen and oxygen atoms in total. The van der Waals surface area contributed by atoms with Gasteiger partial charge in [-0.25, -0.2) is 0 Å². The van der Waals surface area contributed by atoms with E-state index in [9.17, 15) is 4.79 Å². The maximum absolute atomic E-state index is 11.3. The number of aryl methyl sites for hydroxylation is 1. The topological polar surface area (TPSA) is 55.1 Å². The third kappa shape index (κ3) is 2.21. The molecule has 0 bridgehead atoms. The Morgan fingerprint density at radius 2 is 2.38 bits per heavy atom. The van der Waals surface area contributed by atoms with Gasteiger partial charge in [0.25, 0.3) is 5.91 Å². The fraction of sp³-hybridized carbons (Fsp3) is 0.500. The number of carbonyl (C=O) groups is 1. The Bertz CT molecular complexity index is 309. The minimum absolute atomic E-state index is 0.0904. The predicted octanol–water partition coefficient (Wildman–Crippen LogP) is 1.78. The van der Waals surface area contributed by atoms with E-state index in [-0.39, 0.29) is 16.7 Å². The summed E-state index contributed by atoms with van der Waals surface area (Å²) >= 11 is 5.77. The zero-order valence-corrected chi connectivity index (χ0v) is 8.31. The highest BCUT2D eigenvalue weighted by molar-refractivity contribution is 6.33. The molecule has 1 aromatic rings. The van der Waals surface area contributed by atoms with Gasteiger partial charge < -0.3 is 9.84 Å². The number of halogens is 1. The zero-order valence-electron chi connectivity index (χ0n) is 7.56. The van der Waals surface area contributed by atoms with Crippen molar-refractivity contribution in [2.75, 3.05) is 6.54 Å². The molecule has 0 aliphatic carbocycles. The van der Waals surface area contributed by atoms with Crippen LogP contribution in [0.2, 0.25) is 5.02 Å². The second-order valence-electron chi connectivity index (χ2n) is 2.67. The first kappa shape index (κ1) is 10.1. The van der Waals surface area contributed by atoms with E-state index < -0.39 is 0 Å². The number of nitrogens with one attached hydrogen (secondary N) is 1. The van der Waals surface area contributed by atoms with Gasteiger partial charge in [-0.2, -0.15) is 0 Å². The van der Waals surface area contributed by atoms with Gasteiger partial charge in [0.2, 0.25) is 5.76 Å². The molecule has 0 spiro atoms. The van der Waals surface area contributed by atoms with Crippen LogP contribution >= 0.6 is 11.6 Å². The van der Waals surface area contributed by atoms with E-state index in [1.54, 1.807) is 6.92 Å². The number of rotatable bonds is 3. The van der Waals surface area contributed by atoms with E-state index >= 15 is 0 Å². The Kier molecular flexibility index (Phi) is 3.31. The zero-order chi connectivity index (χ0) is 9.84. The van der Waals surface area contributed by atoms with Crippen molar-refractivity contribution in [3.8, 4) is 0 Å². The third-order valence-corrected chi connectivity index (χ3v) is 1.98. The first-order valence-corrected chi connectivity index (χ1v) is 4.44. The quantitative estimate of drug-likeness (QED) is 0.813. The van der Waals surface area contributed by atoms with Gasteiger partial charge in [-0.05, 0) is 13.3 Å². The van der Waals surface area contributed by atoms with E-state index in [2.05, 4.69) is 10.5 Å². The molecule has 1 aromatic heterocycles. The molecule has 1 amide bonds. The van der Waals surface area contributed by atoms with Crippen LogP contribution in [0.1, 0.15) is 29.6 Å². The van der Waals surface area contributed by atoms with Crippen LogP contribution in [0.15, 0.2) is 4.52 Å². The molecule has 1 heterocycles. The van der Waals surface area contributed by atoms with E-state index in [0.29, 0.717) is 12.2 Å². The fourth-order valence-corrected chi connectivity index (χ4v) is 0.973. The van der Waals surface area contributed by atoms with Crippen molar-refractivity contribution in [2.45, 2.75) is 20.3 Å². The van der Waals surface area contributed by atoms with Crippen molar-refractivity contribution in [1.29, 1.82) is 0 Å². The van der Waals surface area contributed by atoms with Gasteiger partial charge in [0, 0.05) is 6.54 Å². The van der Waals surface area contributed by atoms with E-state index in [1.165, 1.54) is 0 Å². The molecular formula is C8H11ClN2O2. The van der Waals surface area contributed by atoms with Crippen molar-refractivity contribution in [2.24, 2.45) is 0 Å². The smallest absolute Gasteiger partial charge is 0.291 e.